The molecule has 0 spiro atoms. The van der Waals surface area contributed by atoms with E-state index in [1.807, 2.05) is 0 Å². The Morgan fingerprint density at radius 3 is 1.28 bits per heavy atom. The van der Waals surface area contributed by atoms with Crippen LogP contribution in [0.3, 0.4) is 0 Å². The van der Waals surface area contributed by atoms with Crippen LogP contribution in [0.1, 0.15) is 59.0 Å². The van der Waals surface area contributed by atoms with Crippen molar-refractivity contribution in [2.24, 2.45) is 11.8 Å². The Kier molecular flexibility index (Phi) is 5.29. The molecule has 2 atom stereocenters. The first-order valence-electron chi connectivity index (χ1n) is 14.9. The second-order valence-corrected chi connectivity index (χ2v) is 17.7. The molecule has 0 N–H and O–H groups in total. The summed E-state index contributed by atoms with van der Waals surface area (Å²) in [6, 6.07) is 36.4. The van der Waals surface area contributed by atoms with Crippen molar-refractivity contribution < 1.29 is 0 Å². The maximum Gasteiger partial charge on any atom is 0.0722 e. The summed E-state index contributed by atoms with van der Waals surface area (Å²) in [5.41, 5.74) is 16.4. The van der Waals surface area contributed by atoms with Gasteiger partial charge in [-0.05, 0) is 82.0 Å². The molecule has 0 aromatic heterocycles. The Morgan fingerprint density at radius 1 is 0.487 bits per heavy atom. The number of benzene rings is 4. The monoisotopic (exact) mass is 520 g/mol. The van der Waals surface area contributed by atoms with Gasteiger partial charge in [0.2, 0.25) is 0 Å². The van der Waals surface area contributed by atoms with Gasteiger partial charge in [-0.15, -0.1) is 0 Å². The van der Waals surface area contributed by atoms with Crippen molar-refractivity contribution in [3.8, 4) is 22.3 Å². The average molecular weight is 521 g/mol. The normalized spacial score (nSPS) is 21.8. The summed E-state index contributed by atoms with van der Waals surface area (Å²) < 4.78 is 0. The molecule has 0 bridgehead atoms. The second kappa shape index (κ2) is 8.79. The number of hydrogen-bond donors (Lipinski definition) is 0. The van der Waals surface area contributed by atoms with E-state index in [9.17, 15) is 0 Å². The number of allylic oxidation sites excluding steroid dienone is 2. The molecule has 0 saturated heterocycles. The third-order valence-corrected chi connectivity index (χ3v) is 14.2. The van der Waals surface area contributed by atoms with Crippen molar-refractivity contribution in [2.45, 2.75) is 49.9 Å². The first-order valence-corrected chi connectivity index (χ1v) is 18.1. The quantitative estimate of drug-likeness (QED) is 0.222. The molecule has 2 fully saturated rings. The van der Waals surface area contributed by atoms with Crippen LogP contribution in [0.2, 0.25) is 13.1 Å². The van der Waals surface area contributed by atoms with Gasteiger partial charge in [-0.25, -0.2) is 0 Å². The summed E-state index contributed by atoms with van der Waals surface area (Å²) in [6.45, 7) is 5.45. The molecule has 4 aromatic carbocycles. The van der Waals surface area contributed by atoms with Crippen LogP contribution in [0.25, 0.3) is 34.4 Å². The predicted molar refractivity (Wildman–Crippen MR) is 168 cm³/mol. The van der Waals surface area contributed by atoms with Gasteiger partial charge in [-0.3, -0.25) is 0 Å². The van der Waals surface area contributed by atoms with E-state index in [1.54, 1.807) is 22.3 Å². The highest BCUT2D eigenvalue weighted by Gasteiger charge is 2.52. The summed E-state index contributed by atoms with van der Waals surface area (Å²) in [7, 11) is -1.90. The fraction of sp³-hybridized carbons (Fsp3) is 0.263. The maximum atomic E-state index is 2.73. The minimum absolute atomic E-state index is 0.585. The molecule has 2 unspecified atom stereocenters. The van der Waals surface area contributed by atoms with E-state index in [1.165, 1.54) is 59.1 Å². The molecule has 8 rings (SSSR count). The Hall–Kier alpha value is -3.42. The van der Waals surface area contributed by atoms with Crippen LogP contribution in [0, 0.1) is 11.8 Å². The summed E-state index contributed by atoms with van der Waals surface area (Å²) in [4.78, 5) is 0. The lowest BCUT2D eigenvalue weighted by atomic mass is 9.97. The number of hydrogen-bond acceptors (Lipinski definition) is 0. The molecule has 4 aliphatic carbocycles. The minimum atomic E-state index is -1.90. The lowest BCUT2D eigenvalue weighted by Gasteiger charge is -2.40. The van der Waals surface area contributed by atoms with Gasteiger partial charge in [0.25, 0.3) is 0 Å². The van der Waals surface area contributed by atoms with Crippen LogP contribution in [0.5, 0.6) is 0 Å². The molecular formula is C38H36Si. The summed E-state index contributed by atoms with van der Waals surface area (Å²) in [5.74, 6) is 1.56. The van der Waals surface area contributed by atoms with Crippen LogP contribution in [-0.4, -0.2) is 8.07 Å². The first-order chi connectivity index (χ1) is 19.1. The second-order valence-electron chi connectivity index (χ2n) is 12.9. The molecule has 1 heteroatoms. The molecule has 39 heavy (non-hydrogen) atoms. The lowest BCUT2D eigenvalue weighted by Crippen LogP contribution is -2.43. The highest BCUT2D eigenvalue weighted by atomic mass is 28.3. The zero-order valence-electron chi connectivity index (χ0n) is 23.0. The Labute approximate surface area is 234 Å². The van der Waals surface area contributed by atoms with E-state index in [0.717, 1.165) is 11.8 Å². The van der Waals surface area contributed by atoms with Crippen molar-refractivity contribution in [1.82, 2.24) is 0 Å². The van der Waals surface area contributed by atoms with Gasteiger partial charge in [0.15, 0.2) is 0 Å². The van der Waals surface area contributed by atoms with Crippen LogP contribution < -0.4 is 0 Å². The summed E-state index contributed by atoms with van der Waals surface area (Å²) in [5, 5.41) is 0. The molecule has 0 amide bonds. The fourth-order valence-electron chi connectivity index (χ4n) is 7.96. The molecule has 0 heterocycles. The number of fused-ring (bicyclic) bond motifs is 2. The molecule has 0 aliphatic heterocycles. The zero-order chi connectivity index (χ0) is 26.1. The van der Waals surface area contributed by atoms with Gasteiger partial charge in [-0.2, -0.15) is 0 Å². The molecule has 0 radical (unpaired) electrons. The largest absolute Gasteiger partial charge is 0.0722 e. The number of rotatable bonds is 6. The Bertz CT molecular complexity index is 1510. The van der Waals surface area contributed by atoms with E-state index in [0.29, 0.717) is 11.1 Å². The van der Waals surface area contributed by atoms with Crippen LogP contribution in [0.4, 0.5) is 0 Å². The molecule has 4 aliphatic rings. The van der Waals surface area contributed by atoms with Crippen molar-refractivity contribution in [3.63, 3.8) is 0 Å². The maximum absolute atomic E-state index is 2.73. The SMILES string of the molecule is C[Si](C)(C1C(C2CC2)=Cc2c(-c3ccccc3)cccc21)C1C(C2CC2)=Cc2c(-c3ccccc3)cccc21. The van der Waals surface area contributed by atoms with Crippen molar-refractivity contribution in [1.29, 1.82) is 0 Å². The van der Waals surface area contributed by atoms with Crippen molar-refractivity contribution in [2.75, 3.05) is 0 Å². The molecule has 4 aromatic rings. The van der Waals surface area contributed by atoms with Gasteiger partial charge in [-0.1, -0.05) is 133 Å². The minimum Gasteiger partial charge on any atom is -0.0679 e. The van der Waals surface area contributed by atoms with E-state index in [-0.39, 0.29) is 0 Å². The third-order valence-electron chi connectivity index (χ3n) is 9.95. The molecular weight excluding hydrogens is 485 g/mol. The Balaban J connectivity index is 1.29. The predicted octanol–water partition coefficient (Wildman–Crippen LogP) is 10.3. The van der Waals surface area contributed by atoms with Gasteiger partial charge < -0.3 is 0 Å². The van der Waals surface area contributed by atoms with Gasteiger partial charge in [0.05, 0.1) is 8.07 Å². The Morgan fingerprint density at radius 2 is 0.897 bits per heavy atom. The van der Waals surface area contributed by atoms with Crippen LogP contribution >= 0.6 is 0 Å². The van der Waals surface area contributed by atoms with Gasteiger partial charge >= 0.3 is 0 Å². The van der Waals surface area contributed by atoms with E-state index < -0.39 is 8.07 Å². The highest BCUT2D eigenvalue weighted by Crippen LogP contribution is 2.61. The third kappa shape index (κ3) is 3.78. The van der Waals surface area contributed by atoms with E-state index in [2.05, 4.69) is 122 Å². The highest BCUT2D eigenvalue weighted by molar-refractivity contribution is 6.81. The average Bonchev–Trinajstić information content (AvgIpc) is 3.91. The van der Waals surface area contributed by atoms with E-state index in [4.69, 9.17) is 0 Å². The van der Waals surface area contributed by atoms with Crippen molar-refractivity contribution >= 4 is 20.2 Å². The lowest BCUT2D eigenvalue weighted by molar-refractivity contribution is 0.851. The van der Waals surface area contributed by atoms with E-state index >= 15 is 0 Å². The van der Waals surface area contributed by atoms with Crippen LogP contribution in [-0.2, 0) is 0 Å². The molecule has 192 valence electrons. The fourth-order valence-corrected chi connectivity index (χ4v) is 12.8. The molecule has 2 saturated carbocycles. The first kappa shape index (κ1) is 23.5. The summed E-state index contributed by atoms with van der Waals surface area (Å²) in [6.07, 6.45) is 10.8. The smallest absolute Gasteiger partial charge is 0.0679 e. The zero-order valence-corrected chi connectivity index (χ0v) is 24.0. The standard InChI is InChI=1S/C38H36Si/c1-39(2,37-31-17-9-15-29(25-11-5-3-6-12-25)35(31)23-33(37)27-19-20-27)38-32-18-10-16-30(26-13-7-4-8-14-26)36(32)24-34(38)28-21-22-28/h3-18,23-24,27-28,37-38H,19-22H2,1-2H3. The topological polar surface area (TPSA) is 0 Å². The van der Waals surface area contributed by atoms with Gasteiger partial charge in [0.1, 0.15) is 0 Å². The van der Waals surface area contributed by atoms with Crippen LogP contribution in [0.15, 0.2) is 108 Å². The van der Waals surface area contributed by atoms with Gasteiger partial charge in [0, 0.05) is 11.1 Å². The molecule has 0 nitrogen and oxygen atoms in total. The summed E-state index contributed by atoms with van der Waals surface area (Å²) >= 11 is 0. The van der Waals surface area contributed by atoms with Crippen molar-refractivity contribution in [3.05, 3.63) is 130 Å².